The van der Waals surface area contributed by atoms with Crippen molar-refractivity contribution >= 4 is 23.1 Å². The van der Waals surface area contributed by atoms with Crippen LogP contribution < -0.4 is 5.73 Å². The molecular formula is C12H23N3OS. The second kappa shape index (κ2) is 6.31. The highest BCUT2D eigenvalue weighted by Crippen LogP contribution is 2.15. The summed E-state index contributed by atoms with van der Waals surface area (Å²) >= 11 is 4.92. The zero-order chi connectivity index (χ0) is 13.0. The van der Waals surface area contributed by atoms with Crippen LogP contribution in [0.4, 0.5) is 0 Å². The molecule has 1 aliphatic heterocycles. The van der Waals surface area contributed by atoms with E-state index in [9.17, 15) is 4.79 Å². The Labute approximate surface area is 109 Å². The molecule has 1 saturated heterocycles. The predicted molar refractivity (Wildman–Crippen MR) is 73.9 cm³/mol. The number of nitrogens with zero attached hydrogens (tertiary/aromatic N) is 2. The molecular weight excluding hydrogens is 234 g/mol. The van der Waals surface area contributed by atoms with Crippen molar-refractivity contribution in [3.63, 3.8) is 0 Å². The van der Waals surface area contributed by atoms with Crippen LogP contribution >= 0.6 is 12.2 Å². The quantitative estimate of drug-likeness (QED) is 0.762. The summed E-state index contributed by atoms with van der Waals surface area (Å²) in [7, 11) is 2.10. The van der Waals surface area contributed by atoms with Gasteiger partial charge >= 0.3 is 0 Å². The van der Waals surface area contributed by atoms with E-state index in [2.05, 4.69) is 18.9 Å². The van der Waals surface area contributed by atoms with E-state index in [1.807, 2.05) is 4.90 Å². The van der Waals surface area contributed by atoms with Gasteiger partial charge in [0.1, 0.15) is 0 Å². The monoisotopic (exact) mass is 257 g/mol. The lowest BCUT2D eigenvalue weighted by Gasteiger charge is -2.32. The van der Waals surface area contributed by atoms with E-state index in [4.69, 9.17) is 18.0 Å². The van der Waals surface area contributed by atoms with Gasteiger partial charge in [-0.25, -0.2) is 0 Å². The van der Waals surface area contributed by atoms with Crippen molar-refractivity contribution in [2.24, 2.45) is 11.7 Å². The van der Waals surface area contributed by atoms with E-state index >= 15 is 0 Å². The average molecular weight is 257 g/mol. The number of rotatable bonds is 3. The fourth-order valence-corrected chi connectivity index (χ4v) is 2.35. The number of hydrogen-bond acceptors (Lipinski definition) is 3. The molecule has 0 aromatic heterocycles. The lowest BCUT2D eigenvalue weighted by molar-refractivity contribution is -0.135. The Kier molecular flexibility index (Phi) is 5.33. The third-order valence-electron chi connectivity index (χ3n) is 3.45. The SMILES string of the molecule is CCC1CN(C)CCCN1C(=O)C(C)C(N)=S. The van der Waals surface area contributed by atoms with Gasteiger partial charge in [0.2, 0.25) is 5.91 Å². The summed E-state index contributed by atoms with van der Waals surface area (Å²) in [5, 5.41) is 0. The molecule has 1 rings (SSSR count). The lowest BCUT2D eigenvalue weighted by Crippen LogP contribution is -2.47. The van der Waals surface area contributed by atoms with Crippen LogP contribution in [0.2, 0.25) is 0 Å². The molecule has 0 aromatic rings. The first-order chi connectivity index (χ1) is 7.97. The number of carbonyl (C=O) groups is 1. The van der Waals surface area contributed by atoms with Gasteiger partial charge in [0.25, 0.3) is 0 Å². The number of carbonyl (C=O) groups excluding carboxylic acids is 1. The molecule has 5 heteroatoms. The number of thiocarbonyl (C=S) groups is 1. The summed E-state index contributed by atoms with van der Waals surface area (Å²) in [6, 6.07) is 0.284. The zero-order valence-corrected chi connectivity index (χ0v) is 11.8. The van der Waals surface area contributed by atoms with Gasteiger partial charge in [-0.3, -0.25) is 4.79 Å². The van der Waals surface area contributed by atoms with Gasteiger partial charge < -0.3 is 15.5 Å². The van der Waals surface area contributed by atoms with Gasteiger partial charge in [-0.15, -0.1) is 0 Å². The minimum atomic E-state index is -0.345. The van der Waals surface area contributed by atoms with Gasteiger partial charge in [0, 0.05) is 19.1 Å². The molecule has 0 bridgehead atoms. The van der Waals surface area contributed by atoms with E-state index in [0.717, 1.165) is 32.5 Å². The van der Waals surface area contributed by atoms with Crippen molar-refractivity contribution in [2.45, 2.75) is 32.7 Å². The first kappa shape index (κ1) is 14.4. The third kappa shape index (κ3) is 3.64. The van der Waals surface area contributed by atoms with Crippen molar-refractivity contribution in [2.75, 3.05) is 26.7 Å². The molecule has 1 aliphatic rings. The fraction of sp³-hybridized carbons (Fsp3) is 0.833. The van der Waals surface area contributed by atoms with Crippen LogP contribution in [0.5, 0.6) is 0 Å². The number of likely N-dealkylation sites (N-methyl/N-ethyl adjacent to an activating group) is 1. The highest BCUT2D eigenvalue weighted by atomic mass is 32.1. The minimum Gasteiger partial charge on any atom is -0.393 e. The Balaban J connectivity index is 2.78. The normalized spacial score (nSPS) is 24.2. The first-order valence-corrected chi connectivity index (χ1v) is 6.66. The number of hydrogen-bond donors (Lipinski definition) is 1. The van der Waals surface area contributed by atoms with Gasteiger partial charge in [-0.1, -0.05) is 19.1 Å². The van der Waals surface area contributed by atoms with Crippen LogP contribution in [0.3, 0.4) is 0 Å². The largest absolute Gasteiger partial charge is 0.393 e. The van der Waals surface area contributed by atoms with E-state index in [1.165, 1.54) is 0 Å². The molecule has 2 unspecified atom stereocenters. The smallest absolute Gasteiger partial charge is 0.232 e. The first-order valence-electron chi connectivity index (χ1n) is 6.25. The topological polar surface area (TPSA) is 49.6 Å². The number of amides is 1. The molecule has 17 heavy (non-hydrogen) atoms. The molecule has 0 aromatic carbocycles. The van der Waals surface area contributed by atoms with Crippen molar-refractivity contribution in [1.29, 1.82) is 0 Å². The molecule has 2 N–H and O–H groups in total. The van der Waals surface area contributed by atoms with E-state index < -0.39 is 0 Å². The van der Waals surface area contributed by atoms with Crippen LogP contribution in [-0.4, -0.2) is 53.4 Å². The average Bonchev–Trinajstić information content (AvgIpc) is 2.48. The Morgan fingerprint density at radius 2 is 2.18 bits per heavy atom. The van der Waals surface area contributed by atoms with Crippen LogP contribution in [-0.2, 0) is 4.79 Å². The van der Waals surface area contributed by atoms with Crippen molar-refractivity contribution < 1.29 is 4.79 Å². The second-order valence-electron chi connectivity index (χ2n) is 4.83. The summed E-state index contributed by atoms with van der Waals surface area (Å²) in [4.78, 5) is 16.9. The highest BCUT2D eigenvalue weighted by molar-refractivity contribution is 7.80. The summed E-state index contributed by atoms with van der Waals surface area (Å²) < 4.78 is 0. The summed E-state index contributed by atoms with van der Waals surface area (Å²) in [5.41, 5.74) is 5.57. The molecule has 0 spiro atoms. The maximum atomic E-state index is 12.3. The Bertz CT molecular complexity index is 295. The molecule has 98 valence electrons. The summed E-state index contributed by atoms with van der Waals surface area (Å²) in [6.45, 7) is 6.71. The molecule has 4 nitrogen and oxygen atoms in total. The molecule has 1 fully saturated rings. The van der Waals surface area contributed by atoms with Gasteiger partial charge in [0.05, 0.1) is 10.9 Å². The Hall–Kier alpha value is -0.680. The van der Waals surface area contributed by atoms with Crippen LogP contribution in [0, 0.1) is 5.92 Å². The Morgan fingerprint density at radius 3 is 2.71 bits per heavy atom. The van der Waals surface area contributed by atoms with Crippen LogP contribution in [0.15, 0.2) is 0 Å². The summed E-state index contributed by atoms with van der Waals surface area (Å²) in [6.07, 6.45) is 1.99. The molecule has 0 aliphatic carbocycles. The third-order valence-corrected chi connectivity index (χ3v) is 3.81. The van der Waals surface area contributed by atoms with Crippen LogP contribution in [0.1, 0.15) is 26.7 Å². The Morgan fingerprint density at radius 1 is 1.53 bits per heavy atom. The molecule has 0 radical (unpaired) electrons. The lowest BCUT2D eigenvalue weighted by atomic mass is 10.1. The fourth-order valence-electron chi connectivity index (χ4n) is 2.25. The highest BCUT2D eigenvalue weighted by Gasteiger charge is 2.29. The zero-order valence-electron chi connectivity index (χ0n) is 11.0. The maximum absolute atomic E-state index is 12.3. The van der Waals surface area contributed by atoms with Crippen molar-refractivity contribution in [3.05, 3.63) is 0 Å². The molecule has 1 heterocycles. The van der Waals surface area contributed by atoms with Crippen LogP contribution in [0.25, 0.3) is 0 Å². The van der Waals surface area contributed by atoms with Gasteiger partial charge in [0.15, 0.2) is 0 Å². The van der Waals surface area contributed by atoms with Crippen molar-refractivity contribution in [3.8, 4) is 0 Å². The number of nitrogens with two attached hydrogens (primary N) is 1. The maximum Gasteiger partial charge on any atom is 0.232 e. The minimum absolute atomic E-state index is 0.0830. The molecule has 0 saturated carbocycles. The van der Waals surface area contributed by atoms with Gasteiger partial charge in [-0.05, 0) is 33.4 Å². The predicted octanol–water partition coefficient (Wildman–Crippen LogP) is 0.851. The van der Waals surface area contributed by atoms with E-state index in [1.54, 1.807) is 6.92 Å². The van der Waals surface area contributed by atoms with Crippen molar-refractivity contribution in [1.82, 2.24) is 9.80 Å². The molecule has 1 amide bonds. The van der Waals surface area contributed by atoms with E-state index in [-0.39, 0.29) is 17.9 Å². The molecule has 2 atom stereocenters. The van der Waals surface area contributed by atoms with E-state index in [0.29, 0.717) is 4.99 Å². The van der Waals surface area contributed by atoms with Gasteiger partial charge in [-0.2, -0.15) is 0 Å². The standard InChI is InChI=1S/C12H23N3OS/c1-4-10-8-14(3)6-5-7-15(10)12(16)9(2)11(13)17/h9-10H,4-8H2,1-3H3,(H2,13,17). The summed E-state index contributed by atoms with van der Waals surface area (Å²) in [5.74, 6) is -0.262. The second-order valence-corrected chi connectivity index (χ2v) is 5.30.